The fourth-order valence-corrected chi connectivity index (χ4v) is 4.38. The van der Waals surface area contributed by atoms with E-state index in [1.165, 1.54) is 23.9 Å². The maximum absolute atomic E-state index is 12.6. The molecule has 2 aromatic rings. The third-order valence-corrected chi connectivity index (χ3v) is 6.61. The summed E-state index contributed by atoms with van der Waals surface area (Å²) in [5, 5.41) is 8.79. The highest BCUT2D eigenvalue weighted by Crippen LogP contribution is 2.31. The van der Waals surface area contributed by atoms with Gasteiger partial charge >= 0.3 is 12.1 Å². The highest BCUT2D eigenvalue weighted by atomic mass is 32.2. The fourth-order valence-electron chi connectivity index (χ4n) is 2.47. The van der Waals surface area contributed by atoms with Crippen molar-refractivity contribution < 1.29 is 27.8 Å². The fraction of sp³-hybridized carbons (Fsp3) is 0.381. The standard InChI is InChI=1S/C21H23F3O3S2/c1-3-15(11-27-17-6-4-16(5-7-17)21(22,23)24)12-28-18-8-9-19(14(2)10-18)29-13-20(25)26/h4-10,15H,3,11-13H2,1-2H3,(H,25,26). The lowest BCUT2D eigenvalue weighted by Gasteiger charge is -2.16. The number of hydrogen-bond acceptors (Lipinski definition) is 4. The number of thioether (sulfide) groups is 2. The molecule has 3 nitrogen and oxygen atoms in total. The van der Waals surface area contributed by atoms with E-state index < -0.39 is 17.7 Å². The van der Waals surface area contributed by atoms with Gasteiger partial charge in [0.05, 0.1) is 17.9 Å². The summed E-state index contributed by atoms with van der Waals surface area (Å²) < 4.78 is 43.5. The quantitative estimate of drug-likeness (QED) is 0.430. The summed E-state index contributed by atoms with van der Waals surface area (Å²) in [4.78, 5) is 12.7. The van der Waals surface area contributed by atoms with Crippen molar-refractivity contribution in [2.75, 3.05) is 18.1 Å². The van der Waals surface area contributed by atoms with Crippen LogP contribution in [0, 0.1) is 12.8 Å². The van der Waals surface area contributed by atoms with Gasteiger partial charge in [0.25, 0.3) is 0 Å². The summed E-state index contributed by atoms with van der Waals surface area (Å²) in [5.41, 5.74) is 0.350. The molecule has 0 saturated carbocycles. The Morgan fingerprint density at radius 3 is 2.38 bits per heavy atom. The number of ether oxygens (including phenoxy) is 1. The SMILES string of the molecule is CCC(COc1ccc(C(F)(F)F)cc1)CSc1ccc(SCC(=O)O)c(C)c1. The molecule has 1 N–H and O–H groups in total. The van der Waals surface area contributed by atoms with Crippen molar-refractivity contribution in [3.8, 4) is 5.75 Å². The molecule has 8 heteroatoms. The first kappa shape index (κ1) is 23.5. The van der Waals surface area contributed by atoms with E-state index in [0.29, 0.717) is 12.4 Å². The molecule has 0 heterocycles. The van der Waals surface area contributed by atoms with Crippen molar-refractivity contribution in [2.45, 2.75) is 36.2 Å². The van der Waals surface area contributed by atoms with Crippen LogP contribution in [0.2, 0.25) is 0 Å². The number of alkyl halides is 3. The molecule has 0 radical (unpaired) electrons. The van der Waals surface area contributed by atoms with Gasteiger partial charge in [-0.15, -0.1) is 23.5 Å². The molecule has 1 unspecified atom stereocenters. The van der Waals surface area contributed by atoms with E-state index in [2.05, 4.69) is 6.92 Å². The molecule has 0 fully saturated rings. The van der Waals surface area contributed by atoms with E-state index in [9.17, 15) is 18.0 Å². The van der Waals surface area contributed by atoms with Gasteiger partial charge in [-0.3, -0.25) is 4.79 Å². The number of carboxylic acid groups (broad SMARTS) is 1. The van der Waals surface area contributed by atoms with Gasteiger partial charge in [-0.05, 0) is 61.4 Å². The van der Waals surface area contributed by atoms with E-state index in [1.54, 1.807) is 11.8 Å². The summed E-state index contributed by atoms with van der Waals surface area (Å²) in [5.74, 6) is 0.692. The predicted molar refractivity (Wildman–Crippen MR) is 111 cm³/mol. The molecule has 0 aliphatic heterocycles. The Labute approximate surface area is 177 Å². The van der Waals surface area contributed by atoms with E-state index in [4.69, 9.17) is 9.84 Å². The molecule has 29 heavy (non-hydrogen) atoms. The maximum atomic E-state index is 12.6. The number of carboxylic acids is 1. The number of carbonyl (C=O) groups is 1. The molecule has 0 saturated heterocycles. The largest absolute Gasteiger partial charge is 0.493 e. The molecule has 0 aromatic heterocycles. The molecule has 0 spiro atoms. The van der Waals surface area contributed by atoms with Crippen LogP contribution in [-0.4, -0.2) is 29.2 Å². The lowest BCUT2D eigenvalue weighted by atomic mass is 10.1. The Morgan fingerprint density at radius 1 is 1.14 bits per heavy atom. The summed E-state index contributed by atoms with van der Waals surface area (Å²) in [6.45, 7) is 4.44. The second kappa shape index (κ2) is 10.8. The van der Waals surface area contributed by atoms with Crippen LogP contribution >= 0.6 is 23.5 Å². The van der Waals surface area contributed by atoms with Crippen LogP contribution in [0.4, 0.5) is 13.2 Å². The monoisotopic (exact) mass is 444 g/mol. The zero-order valence-corrected chi connectivity index (χ0v) is 17.8. The van der Waals surface area contributed by atoms with E-state index in [-0.39, 0.29) is 11.7 Å². The van der Waals surface area contributed by atoms with Crippen LogP contribution in [0.3, 0.4) is 0 Å². The van der Waals surface area contributed by atoms with Crippen LogP contribution in [0.15, 0.2) is 52.3 Å². The summed E-state index contributed by atoms with van der Waals surface area (Å²) in [6.07, 6.45) is -3.46. The lowest BCUT2D eigenvalue weighted by molar-refractivity contribution is -0.137. The molecule has 0 bridgehead atoms. The topological polar surface area (TPSA) is 46.5 Å². The number of aryl methyl sites for hydroxylation is 1. The van der Waals surface area contributed by atoms with Crippen molar-refractivity contribution in [3.63, 3.8) is 0 Å². The first-order chi connectivity index (χ1) is 13.7. The van der Waals surface area contributed by atoms with E-state index in [0.717, 1.165) is 39.7 Å². The second-order valence-electron chi connectivity index (χ2n) is 6.53. The minimum absolute atomic E-state index is 0.0343. The normalized spacial score (nSPS) is 12.6. The van der Waals surface area contributed by atoms with Gasteiger partial charge in [0.2, 0.25) is 0 Å². The van der Waals surface area contributed by atoms with Gasteiger partial charge in [0.1, 0.15) is 5.75 Å². The van der Waals surface area contributed by atoms with Crippen molar-refractivity contribution in [2.24, 2.45) is 5.92 Å². The molecule has 0 amide bonds. The average Bonchev–Trinajstić information content (AvgIpc) is 2.67. The minimum Gasteiger partial charge on any atom is -0.493 e. The van der Waals surface area contributed by atoms with Crippen LogP contribution < -0.4 is 4.74 Å². The van der Waals surface area contributed by atoms with E-state index >= 15 is 0 Å². The van der Waals surface area contributed by atoms with Gasteiger partial charge in [-0.25, -0.2) is 0 Å². The average molecular weight is 445 g/mol. The van der Waals surface area contributed by atoms with Crippen LogP contribution in [0.5, 0.6) is 5.75 Å². The van der Waals surface area contributed by atoms with Crippen molar-refractivity contribution in [1.29, 1.82) is 0 Å². The van der Waals surface area contributed by atoms with Crippen LogP contribution in [0.1, 0.15) is 24.5 Å². The summed E-state index contributed by atoms with van der Waals surface area (Å²) >= 11 is 2.99. The predicted octanol–water partition coefficient (Wildman–Crippen LogP) is 6.39. The Morgan fingerprint density at radius 2 is 1.83 bits per heavy atom. The van der Waals surface area contributed by atoms with Crippen LogP contribution in [-0.2, 0) is 11.0 Å². The molecular weight excluding hydrogens is 421 g/mol. The van der Waals surface area contributed by atoms with Gasteiger partial charge < -0.3 is 9.84 Å². The minimum atomic E-state index is -4.35. The Kier molecular flexibility index (Phi) is 8.77. The molecule has 2 rings (SSSR count). The van der Waals surface area contributed by atoms with Gasteiger partial charge in [-0.2, -0.15) is 13.2 Å². The van der Waals surface area contributed by atoms with Crippen molar-refractivity contribution in [3.05, 3.63) is 53.6 Å². The Bertz CT molecular complexity index is 808. The summed E-state index contributed by atoms with van der Waals surface area (Å²) in [6, 6.07) is 10.7. The molecule has 1 atom stereocenters. The number of halogens is 3. The highest BCUT2D eigenvalue weighted by Gasteiger charge is 2.30. The zero-order chi connectivity index (χ0) is 21.4. The Hall–Kier alpha value is -1.80. The number of aliphatic carboxylic acids is 1. The van der Waals surface area contributed by atoms with Gasteiger partial charge in [0, 0.05) is 21.5 Å². The van der Waals surface area contributed by atoms with Gasteiger partial charge in [-0.1, -0.05) is 6.92 Å². The smallest absolute Gasteiger partial charge is 0.416 e. The first-order valence-corrected chi connectivity index (χ1v) is 11.0. The second-order valence-corrected chi connectivity index (χ2v) is 8.64. The van der Waals surface area contributed by atoms with E-state index in [1.807, 2.05) is 25.1 Å². The highest BCUT2D eigenvalue weighted by molar-refractivity contribution is 8.00. The van der Waals surface area contributed by atoms with Crippen molar-refractivity contribution >= 4 is 29.5 Å². The number of benzene rings is 2. The third kappa shape index (κ3) is 7.85. The molecule has 0 aliphatic carbocycles. The molecule has 158 valence electrons. The molecule has 2 aromatic carbocycles. The number of rotatable bonds is 10. The van der Waals surface area contributed by atoms with Crippen LogP contribution in [0.25, 0.3) is 0 Å². The molecular formula is C21H23F3O3S2. The third-order valence-electron chi connectivity index (χ3n) is 4.23. The molecule has 0 aliphatic rings. The Balaban J connectivity index is 1.85. The van der Waals surface area contributed by atoms with Gasteiger partial charge in [0.15, 0.2) is 0 Å². The summed E-state index contributed by atoms with van der Waals surface area (Å²) in [7, 11) is 0. The number of hydrogen-bond donors (Lipinski definition) is 1. The maximum Gasteiger partial charge on any atom is 0.416 e. The first-order valence-electron chi connectivity index (χ1n) is 9.07. The van der Waals surface area contributed by atoms with Crippen molar-refractivity contribution in [1.82, 2.24) is 0 Å². The zero-order valence-electron chi connectivity index (χ0n) is 16.2. The lowest BCUT2D eigenvalue weighted by Crippen LogP contribution is -2.14.